The van der Waals surface area contributed by atoms with E-state index in [1.165, 1.54) is 12.1 Å². The number of benzene rings is 2. The Labute approximate surface area is 154 Å². The van der Waals surface area contributed by atoms with Crippen LogP contribution in [0.25, 0.3) is 10.9 Å². The van der Waals surface area contributed by atoms with Crippen LogP contribution in [0.3, 0.4) is 0 Å². The van der Waals surface area contributed by atoms with Gasteiger partial charge >= 0.3 is 0 Å². The zero-order chi connectivity index (χ0) is 17.4. The first-order chi connectivity index (χ1) is 11.4. The molecule has 0 unspecified atom stereocenters. The summed E-state index contributed by atoms with van der Waals surface area (Å²) in [6.45, 7) is 4.20. The lowest BCUT2D eigenvalue weighted by Gasteiger charge is -2.04. The maximum absolute atomic E-state index is 10.1. The van der Waals surface area contributed by atoms with Crippen molar-refractivity contribution in [3.05, 3.63) is 51.0 Å². The fourth-order valence-corrected chi connectivity index (χ4v) is 3.26. The number of fused-ring (bicyclic) bond motifs is 1. The van der Waals surface area contributed by atoms with Gasteiger partial charge in [0, 0.05) is 10.4 Å². The van der Waals surface area contributed by atoms with Crippen LogP contribution < -0.4 is 0 Å². The maximum Gasteiger partial charge on any atom is 0.218 e. The number of aromatic nitrogens is 1. The van der Waals surface area contributed by atoms with E-state index in [2.05, 4.69) is 29.1 Å². The van der Waals surface area contributed by atoms with Crippen molar-refractivity contribution >= 4 is 57.1 Å². The number of hydrogen-bond donors (Lipinski definition) is 2. The molecule has 0 saturated carbocycles. The minimum atomic E-state index is -0.0594. The molecule has 3 rings (SSSR count). The van der Waals surface area contributed by atoms with Gasteiger partial charge in [-0.1, -0.05) is 54.7 Å². The van der Waals surface area contributed by atoms with Crippen molar-refractivity contribution in [2.24, 2.45) is 10.2 Å². The van der Waals surface area contributed by atoms with Crippen LogP contribution in [0.1, 0.15) is 25.3 Å². The monoisotopic (exact) mass is 381 g/mol. The van der Waals surface area contributed by atoms with E-state index in [1.807, 2.05) is 18.2 Å². The number of nitrogens with one attached hydrogen (secondary N) is 1. The Bertz CT molecular complexity index is 925. The molecule has 3 aromatic rings. The number of azo groups is 1. The SMILES string of the molecule is CC(C)c1ccc2[nH]c(O)c(N=Nc3c(Cl)cc(Cl)cc3Cl)c2c1. The lowest BCUT2D eigenvalue weighted by molar-refractivity contribution is 0.459. The second-order valence-electron chi connectivity index (χ2n) is 5.70. The zero-order valence-electron chi connectivity index (χ0n) is 12.9. The van der Waals surface area contributed by atoms with Crippen LogP contribution in [0.2, 0.25) is 15.1 Å². The summed E-state index contributed by atoms with van der Waals surface area (Å²) in [6.07, 6.45) is 0. The predicted molar refractivity (Wildman–Crippen MR) is 99.7 cm³/mol. The van der Waals surface area contributed by atoms with E-state index in [4.69, 9.17) is 34.8 Å². The fourth-order valence-electron chi connectivity index (χ4n) is 2.37. The Balaban J connectivity index is 2.10. The largest absolute Gasteiger partial charge is 0.493 e. The van der Waals surface area contributed by atoms with Crippen LogP contribution >= 0.6 is 34.8 Å². The van der Waals surface area contributed by atoms with Crippen molar-refractivity contribution in [2.75, 3.05) is 0 Å². The number of rotatable bonds is 3. The van der Waals surface area contributed by atoms with Gasteiger partial charge in [-0.25, -0.2) is 0 Å². The van der Waals surface area contributed by atoms with Crippen LogP contribution in [0.15, 0.2) is 40.6 Å². The summed E-state index contributed by atoms with van der Waals surface area (Å²) < 4.78 is 0. The first-order valence-electron chi connectivity index (χ1n) is 7.27. The van der Waals surface area contributed by atoms with E-state index in [0.29, 0.717) is 32.4 Å². The average Bonchev–Trinajstić information content (AvgIpc) is 2.81. The fraction of sp³-hybridized carbons (Fsp3) is 0.176. The minimum Gasteiger partial charge on any atom is -0.493 e. The number of hydrogen-bond acceptors (Lipinski definition) is 3. The Morgan fingerprint density at radius 1 is 0.958 bits per heavy atom. The van der Waals surface area contributed by atoms with E-state index in [0.717, 1.165) is 16.5 Å². The molecule has 0 aliphatic carbocycles. The first-order valence-corrected chi connectivity index (χ1v) is 8.41. The van der Waals surface area contributed by atoms with E-state index in [-0.39, 0.29) is 5.88 Å². The Kier molecular flexibility index (Phi) is 4.72. The smallest absolute Gasteiger partial charge is 0.218 e. The summed E-state index contributed by atoms with van der Waals surface area (Å²) in [4.78, 5) is 2.88. The molecule has 0 spiro atoms. The Morgan fingerprint density at radius 3 is 2.21 bits per heavy atom. The summed E-state index contributed by atoms with van der Waals surface area (Å²) in [6, 6.07) is 8.97. The van der Waals surface area contributed by atoms with Gasteiger partial charge < -0.3 is 10.1 Å². The van der Waals surface area contributed by atoms with E-state index >= 15 is 0 Å². The maximum atomic E-state index is 10.1. The van der Waals surface area contributed by atoms with Gasteiger partial charge in [0.1, 0.15) is 5.69 Å². The lowest BCUT2D eigenvalue weighted by Crippen LogP contribution is -1.85. The van der Waals surface area contributed by atoms with Gasteiger partial charge in [-0.05, 0) is 35.7 Å². The molecular weight excluding hydrogens is 369 g/mol. The molecule has 0 atom stereocenters. The third-order valence-corrected chi connectivity index (χ3v) is 4.47. The molecule has 4 nitrogen and oxygen atoms in total. The summed E-state index contributed by atoms with van der Waals surface area (Å²) in [5.41, 5.74) is 2.56. The molecule has 24 heavy (non-hydrogen) atoms. The third-order valence-electron chi connectivity index (χ3n) is 3.67. The normalized spacial score (nSPS) is 11.9. The summed E-state index contributed by atoms with van der Waals surface area (Å²) in [7, 11) is 0. The first kappa shape index (κ1) is 17.1. The summed E-state index contributed by atoms with van der Waals surface area (Å²) in [5, 5.41) is 20.2. The van der Waals surface area contributed by atoms with Gasteiger partial charge in [0.2, 0.25) is 5.88 Å². The molecule has 1 heterocycles. The highest BCUT2D eigenvalue weighted by Crippen LogP contribution is 2.40. The lowest BCUT2D eigenvalue weighted by atomic mass is 10.0. The van der Waals surface area contributed by atoms with Crippen LogP contribution in [-0.4, -0.2) is 10.1 Å². The molecule has 0 fully saturated rings. The van der Waals surface area contributed by atoms with E-state index in [9.17, 15) is 5.11 Å². The van der Waals surface area contributed by atoms with Crippen LogP contribution in [0, 0.1) is 0 Å². The highest BCUT2D eigenvalue weighted by atomic mass is 35.5. The average molecular weight is 383 g/mol. The van der Waals surface area contributed by atoms with Gasteiger partial charge in [-0.15, -0.1) is 10.2 Å². The highest BCUT2D eigenvalue weighted by molar-refractivity contribution is 6.41. The zero-order valence-corrected chi connectivity index (χ0v) is 15.2. The molecule has 0 aliphatic heterocycles. The van der Waals surface area contributed by atoms with Crippen molar-refractivity contribution in [3.8, 4) is 5.88 Å². The van der Waals surface area contributed by atoms with Gasteiger partial charge in [-0.3, -0.25) is 0 Å². The number of H-pyrrole nitrogens is 1. The molecule has 2 aromatic carbocycles. The molecule has 0 aliphatic rings. The second-order valence-corrected chi connectivity index (χ2v) is 6.95. The van der Waals surface area contributed by atoms with Gasteiger partial charge in [0.15, 0.2) is 5.69 Å². The molecule has 124 valence electrons. The summed E-state index contributed by atoms with van der Waals surface area (Å²) in [5.74, 6) is 0.298. The number of nitrogens with zero attached hydrogens (tertiary/aromatic N) is 2. The molecule has 1 aromatic heterocycles. The Hall–Kier alpha value is -1.75. The van der Waals surface area contributed by atoms with Gasteiger partial charge in [0.25, 0.3) is 0 Å². The molecule has 2 N–H and O–H groups in total. The quantitative estimate of drug-likeness (QED) is 0.456. The molecule has 0 radical (unpaired) electrons. The molecule has 0 bridgehead atoms. The van der Waals surface area contributed by atoms with Gasteiger partial charge in [-0.2, -0.15) is 0 Å². The van der Waals surface area contributed by atoms with E-state index < -0.39 is 0 Å². The number of aromatic amines is 1. The highest BCUT2D eigenvalue weighted by Gasteiger charge is 2.13. The molecular formula is C17H14Cl3N3O. The van der Waals surface area contributed by atoms with Crippen molar-refractivity contribution in [3.63, 3.8) is 0 Å². The number of halogens is 3. The predicted octanol–water partition coefficient (Wildman–Crippen LogP) is 7.37. The second kappa shape index (κ2) is 6.63. The minimum absolute atomic E-state index is 0.0594. The van der Waals surface area contributed by atoms with Crippen LogP contribution in [-0.2, 0) is 0 Å². The van der Waals surface area contributed by atoms with Gasteiger partial charge in [0.05, 0.1) is 15.6 Å². The molecule has 0 saturated heterocycles. The van der Waals surface area contributed by atoms with Crippen LogP contribution in [0.5, 0.6) is 5.88 Å². The van der Waals surface area contributed by atoms with E-state index in [1.54, 1.807) is 0 Å². The van der Waals surface area contributed by atoms with Crippen molar-refractivity contribution in [1.82, 2.24) is 4.98 Å². The van der Waals surface area contributed by atoms with Crippen molar-refractivity contribution in [2.45, 2.75) is 19.8 Å². The van der Waals surface area contributed by atoms with Crippen molar-refractivity contribution < 1.29 is 5.11 Å². The van der Waals surface area contributed by atoms with Crippen molar-refractivity contribution in [1.29, 1.82) is 0 Å². The Morgan fingerprint density at radius 2 is 1.58 bits per heavy atom. The number of aromatic hydroxyl groups is 1. The summed E-state index contributed by atoms with van der Waals surface area (Å²) >= 11 is 18.1. The molecule has 7 heteroatoms. The van der Waals surface area contributed by atoms with Crippen LogP contribution in [0.4, 0.5) is 11.4 Å². The third kappa shape index (κ3) is 3.22. The molecule has 0 amide bonds. The standard InChI is InChI=1S/C17H14Cl3N3O/c1-8(2)9-3-4-14-11(5-9)15(17(24)21-14)22-23-16-12(19)6-10(18)7-13(16)20/h3-8,21,24H,1-2H3. The topological polar surface area (TPSA) is 60.7 Å².